The Balaban J connectivity index is 0.00000420. The number of carbonyl (C=O) groups is 3. The third-order valence-electron chi connectivity index (χ3n) is 3.36. The first kappa shape index (κ1) is 24.5. The summed E-state index contributed by atoms with van der Waals surface area (Å²) >= 11 is 0. The van der Waals surface area contributed by atoms with Crippen molar-refractivity contribution in [3.8, 4) is 0 Å². The smallest absolute Gasteiger partial charge is 0.729 e. The Labute approximate surface area is 187 Å². The topological polar surface area (TPSA) is 161 Å². The molecule has 0 bridgehead atoms. The number of ether oxygens (including phenoxy) is 1. The van der Waals surface area contributed by atoms with E-state index in [1.807, 2.05) is 0 Å². The number of aromatic amines is 1. The first-order valence-electron chi connectivity index (χ1n) is 7.65. The molecule has 2 N–H and O–H groups in total. The molecule has 0 saturated carbocycles. The summed E-state index contributed by atoms with van der Waals surface area (Å²) in [6.07, 6.45) is 1.59. The summed E-state index contributed by atoms with van der Waals surface area (Å²) in [6, 6.07) is 8.05. The predicted molar refractivity (Wildman–Crippen MR) is 94.7 cm³/mol. The maximum atomic E-state index is 11.9. The van der Waals surface area contributed by atoms with Crippen LogP contribution in [0.1, 0.15) is 20.7 Å². The number of benzene rings is 1. The van der Waals surface area contributed by atoms with Gasteiger partial charge in [0.15, 0.2) is 11.8 Å². The molecule has 0 unspecified atom stereocenters. The van der Waals surface area contributed by atoms with E-state index in [1.54, 1.807) is 0 Å². The van der Waals surface area contributed by atoms with E-state index in [4.69, 9.17) is 0 Å². The molecule has 1 amide bonds. The molecule has 0 radical (unpaired) electrons. The van der Waals surface area contributed by atoms with E-state index in [2.05, 4.69) is 20.1 Å². The minimum absolute atomic E-state index is 0. The number of aromatic nitrogens is 1. The molecular weight excluding hydrogens is 415 g/mol. The van der Waals surface area contributed by atoms with Crippen molar-refractivity contribution in [1.82, 2.24) is 10.3 Å². The Kier molecular flexibility index (Phi) is 9.20. The molecule has 0 spiro atoms. The monoisotopic (exact) mass is 430 g/mol. The van der Waals surface area contributed by atoms with Crippen molar-refractivity contribution in [2.75, 3.05) is 18.1 Å². The Morgan fingerprint density at radius 2 is 1.97 bits per heavy atom. The summed E-state index contributed by atoms with van der Waals surface area (Å²) in [7, 11) is -3.91. The van der Waals surface area contributed by atoms with E-state index in [1.165, 1.54) is 49.7 Å². The van der Waals surface area contributed by atoms with E-state index in [-0.39, 0.29) is 62.8 Å². The van der Waals surface area contributed by atoms with Gasteiger partial charge in [0.1, 0.15) is 6.54 Å². The fourth-order valence-corrected chi connectivity index (χ4v) is 2.63. The summed E-state index contributed by atoms with van der Waals surface area (Å²) in [6.45, 7) is -0.327. The van der Waals surface area contributed by atoms with Crippen molar-refractivity contribution in [2.45, 2.75) is 0 Å². The maximum Gasteiger partial charge on any atom is 1.00 e. The SMILES string of the molecule is COC(=O)CNC(=O)c1ccc(=NN(c2ccccc2C=O)S(=O)(=O)[O-])[nH]c1.[Na+]. The van der Waals surface area contributed by atoms with Crippen molar-refractivity contribution < 1.29 is 61.6 Å². The van der Waals surface area contributed by atoms with E-state index in [0.717, 1.165) is 0 Å². The molecule has 29 heavy (non-hydrogen) atoms. The number of methoxy groups -OCH3 is 1. The van der Waals surface area contributed by atoms with Crippen LogP contribution in [0.4, 0.5) is 5.69 Å². The molecule has 0 atom stereocenters. The van der Waals surface area contributed by atoms with Crippen LogP contribution in [0.15, 0.2) is 47.7 Å². The number of H-pyrrole nitrogens is 1. The minimum atomic E-state index is -5.09. The molecule has 11 nitrogen and oxygen atoms in total. The molecule has 1 aromatic carbocycles. The van der Waals surface area contributed by atoms with Crippen LogP contribution < -0.4 is 44.8 Å². The largest absolute Gasteiger partial charge is 1.00 e. The fraction of sp³-hybridized carbons (Fsp3) is 0.125. The fourth-order valence-electron chi connectivity index (χ4n) is 2.03. The average Bonchev–Trinajstić information content (AvgIpc) is 2.69. The Morgan fingerprint density at radius 1 is 1.28 bits per heavy atom. The van der Waals surface area contributed by atoms with E-state index < -0.39 is 22.2 Å². The number of carbonyl (C=O) groups excluding carboxylic acids is 3. The zero-order chi connectivity index (χ0) is 20.7. The molecule has 0 aliphatic rings. The van der Waals surface area contributed by atoms with Crippen LogP contribution in [0.2, 0.25) is 0 Å². The number of aldehydes is 1. The quantitative estimate of drug-likeness (QED) is 0.152. The second-order valence-corrected chi connectivity index (χ2v) is 6.40. The van der Waals surface area contributed by atoms with Crippen LogP contribution in [-0.4, -0.2) is 49.8 Å². The third-order valence-corrected chi connectivity index (χ3v) is 4.06. The van der Waals surface area contributed by atoms with Crippen LogP contribution in [0.3, 0.4) is 0 Å². The molecular formula is C16H15N4NaO7S. The van der Waals surface area contributed by atoms with Gasteiger partial charge < -0.3 is 19.6 Å². The predicted octanol–water partition coefficient (Wildman–Crippen LogP) is -3.48. The number of anilines is 1. The number of pyridine rings is 1. The number of nitrogens with zero attached hydrogens (tertiary/aromatic N) is 2. The molecule has 1 aromatic heterocycles. The van der Waals surface area contributed by atoms with Crippen LogP contribution in [0.5, 0.6) is 0 Å². The van der Waals surface area contributed by atoms with Crippen LogP contribution in [0, 0.1) is 0 Å². The van der Waals surface area contributed by atoms with Crippen molar-refractivity contribution in [1.29, 1.82) is 0 Å². The molecule has 0 saturated heterocycles. The van der Waals surface area contributed by atoms with E-state index in [9.17, 15) is 27.4 Å². The Morgan fingerprint density at radius 3 is 2.52 bits per heavy atom. The molecule has 2 aromatic rings. The van der Waals surface area contributed by atoms with Crippen molar-refractivity contribution in [3.05, 3.63) is 59.2 Å². The number of amides is 1. The number of hydrogen-bond acceptors (Lipinski definition) is 8. The van der Waals surface area contributed by atoms with Crippen LogP contribution >= 0.6 is 0 Å². The van der Waals surface area contributed by atoms with Gasteiger partial charge in [-0.05, 0) is 24.3 Å². The van der Waals surface area contributed by atoms with Gasteiger partial charge in [0.2, 0.25) is 10.3 Å². The Bertz CT molecular complexity index is 1050. The summed E-state index contributed by atoms with van der Waals surface area (Å²) in [5.74, 6) is -1.22. The van der Waals surface area contributed by atoms with E-state index in [0.29, 0.717) is 6.29 Å². The van der Waals surface area contributed by atoms with Gasteiger partial charge in [0, 0.05) is 11.8 Å². The molecule has 0 aliphatic heterocycles. The van der Waals surface area contributed by atoms with Gasteiger partial charge in [-0.3, -0.25) is 14.4 Å². The average molecular weight is 430 g/mol. The number of rotatable bonds is 7. The molecule has 13 heteroatoms. The van der Waals surface area contributed by atoms with Crippen molar-refractivity contribution >= 4 is 34.2 Å². The number of hydrogen-bond donors (Lipinski definition) is 2. The third kappa shape index (κ3) is 6.80. The normalized spacial score (nSPS) is 11.2. The van der Waals surface area contributed by atoms with Gasteiger partial charge in [-0.15, -0.1) is 5.10 Å². The zero-order valence-electron chi connectivity index (χ0n) is 15.5. The first-order valence-corrected chi connectivity index (χ1v) is 9.01. The van der Waals surface area contributed by atoms with Gasteiger partial charge in [-0.25, -0.2) is 8.42 Å². The molecule has 148 valence electrons. The van der Waals surface area contributed by atoms with Crippen molar-refractivity contribution in [2.24, 2.45) is 5.10 Å². The van der Waals surface area contributed by atoms with Crippen molar-refractivity contribution in [3.63, 3.8) is 0 Å². The summed E-state index contributed by atoms with van der Waals surface area (Å²) in [5.41, 5.74) is -0.234. The number of nitrogens with one attached hydrogen (secondary N) is 2. The number of esters is 1. The minimum Gasteiger partial charge on any atom is -0.729 e. The number of para-hydroxylation sites is 1. The van der Waals surface area contributed by atoms with Crippen LogP contribution in [-0.2, 0) is 19.8 Å². The second-order valence-electron chi connectivity index (χ2n) is 5.20. The maximum absolute atomic E-state index is 11.9. The van der Waals surface area contributed by atoms with Gasteiger partial charge in [0.25, 0.3) is 5.91 Å². The summed E-state index contributed by atoms with van der Waals surface area (Å²) < 4.78 is 39.4. The van der Waals surface area contributed by atoms with Gasteiger partial charge in [0.05, 0.1) is 18.4 Å². The van der Waals surface area contributed by atoms with Gasteiger partial charge in [-0.1, -0.05) is 12.1 Å². The second kappa shape index (κ2) is 10.9. The standard InChI is InChI=1S/C16H16N4O7S.Na/c1-27-15(22)9-18-16(23)11-6-7-14(17-8-11)19-20(28(24,25)26)13-5-3-2-4-12(13)10-21;/h2-8,10H,9H2,1H3,(H,17,19)(H,18,23)(H,24,25,26);/q;+1/p-1. The molecule has 1 heterocycles. The summed E-state index contributed by atoms with van der Waals surface area (Å²) in [5, 5.41) is 6.03. The first-order chi connectivity index (χ1) is 13.3. The van der Waals surface area contributed by atoms with Gasteiger partial charge in [-0.2, -0.15) is 4.41 Å². The molecule has 0 aliphatic carbocycles. The molecule has 2 rings (SSSR count). The van der Waals surface area contributed by atoms with Gasteiger partial charge >= 0.3 is 35.5 Å². The van der Waals surface area contributed by atoms with E-state index >= 15 is 0 Å². The van der Waals surface area contributed by atoms with Crippen LogP contribution in [0.25, 0.3) is 0 Å². The Hall–Kier alpha value is -2.51. The summed E-state index contributed by atoms with van der Waals surface area (Å²) in [4.78, 5) is 36.6. The zero-order valence-corrected chi connectivity index (χ0v) is 18.3. The molecule has 0 fully saturated rings.